The van der Waals surface area contributed by atoms with Crippen molar-refractivity contribution in [1.29, 1.82) is 0 Å². The van der Waals surface area contributed by atoms with Crippen LogP contribution in [-0.2, 0) is 4.79 Å². The maximum Gasteiger partial charge on any atom is 0.220 e. The zero-order valence-electron chi connectivity index (χ0n) is 14.9. The van der Waals surface area contributed by atoms with Crippen molar-refractivity contribution in [2.75, 3.05) is 0 Å². The normalized spacial score (nSPS) is 13.2. The zero-order valence-corrected chi connectivity index (χ0v) is 14.9. The monoisotopic (exact) mass is 307 g/mol. The predicted octanol–water partition coefficient (Wildman–Crippen LogP) is 5.92. The van der Waals surface area contributed by atoms with Crippen molar-refractivity contribution < 1.29 is 4.79 Å². The van der Waals surface area contributed by atoms with Crippen molar-refractivity contribution in [1.82, 2.24) is 0 Å². The molecule has 0 aromatic rings. The van der Waals surface area contributed by atoms with Crippen LogP contribution in [0.25, 0.3) is 0 Å². The molecule has 0 spiro atoms. The number of nitrogens with two attached hydrogens (primary N) is 1. The molecule has 128 valence electrons. The number of amides is 1. The lowest BCUT2D eigenvalue weighted by Gasteiger charge is -2.09. The molecule has 0 heterocycles. The molecule has 0 aliphatic heterocycles. The smallest absolute Gasteiger partial charge is 0.220 e. The minimum absolute atomic E-state index is 0.0870. The third-order valence-electron chi connectivity index (χ3n) is 4.15. The lowest BCUT2D eigenvalue weighted by atomic mass is 9.97. The van der Waals surface area contributed by atoms with E-state index in [1.807, 2.05) is 6.92 Å². The molecule has 2 heteroatoms. The molecule has 0 rings (SSSR count). The molecule has 0 fully saturated rings. The second-order valence-electron chi connectivity index (χ2n) is 6.17. The predicted molar refractivity (Wildman–Crippen MR) is 97.7 cm³/mol. The molecule has 0 aliphatic rings. The molecule has 0 aliphatic carbocycles. The Morgan fingerprint density at radius 1 is 0.864 bits per heavy atom. The topological polar surface area (TPSA) is 43.1 Å². The van der Waals surface area contributed by atoms with Gasteiger partial charge in [0.05, 0.1) is 0 Å². The highest BCUT2D eigenvalue weighted by atomic mass is 16.1. The van der Waals surface area contributed by atoms with Crippen molar-refractivity contribution >= 4 is 5.91 Å². The van der Waals surface area contributed by atoms with E-state index in [-0.39, 0.29) is 11.8 Å². The van der Waals surface area contributed by atoms with E-state index in [9.17, 15) is 4.79 Å². The summed E-state index contributed by atoms with van der Waals surface area (Å²) >= 11 is 0. The fraction of sp³-hybridized carbons (Fsp3) is 0.750. The van der Waals surface area contributed by atoms with E-state index < -0.39 is 0 Å². The summed E-state index contributed by atoms with van der Waals surface area (Å²) < 4.78 is 0. The lowest BCUT2D eigenvalue weighted by Crippen LogP contribution is -2.22. The summed E-state index contributed by atoms with van der Waals surface area (Å²) in [6, 6.07) is 0. The van der Waals surface area contributed by atoms with Gasteiger partial charge >= 0.3 is 0 Å². The first-order chi connectivity index (χ1) is 10.7. The van der Waals surface area contributed by atoms with E-state index in [4.69, 9.17) is 5.73 Å². The van der Waals surface area contributed by atoms with E-state index >= 15 is 0 Å². The SMILES string of the molecule is CCCCC/C=C\C/C=C\CCCCCCC(CC)C(N)=O. The quantitative estimate of drug-likeness (QED) is 0.296. The van der Waals surface area contributed by atoms with Gasteiger partial charge in [0.2, 0.25) is 5.91 Å². The molecular formula is C20H37NO. The third kappa shape index (κ3) is 13.9. The summed E-state index contributed by atoms with van der Waals surface area (Å²) in [5, 5.41) is 0. The van der Waals surface area contributed by atoms with Gasteiger partial charge in [-0.25, -0.2) is 0 Å². The summed E-state index contributed by atoms with van der Waals surface area (Å²) in [5.74, 6) is -0.0443. The molecule has 22 heavy (non-hydrogen) atoms. The van der Waals surface area contributed by atoms with E-state index in [2.05, 4.69) is 31.2 Å². The van der Waals surface area contributed by atoms with Crippen molar-refractivity contribution in [3.8, 4) is 0 Å². The molecule has 0 bridgehead atoms. The van der Waals surface area contributed by atoms with Crippen LogP contribution in [0.4, 0.5) is 0 Å². The zero-order chi connectivity index (χ0) is 16.5. The molecule has 1 amide bonds. The first-order valence-electron chi connectivity index (χ1n) is 9.31. The number of carbonyl (C=O) groups is 1. The van der Waals surface area contributed by atoms with Crippen molar-refractivity contribution in [3.05, 3.63) is 24.3 Å². The molecule has 0 aromatic carbocycles. The Morgan fingerprint density at radius 3 is 2.00 bits per heavy atom. The van der Waals surface area contributed by atoms with Gasteiger partial charge < -0.3 is 5.73 Å². The Morgan fingerprint density at radius 2 is 1.45 bits per heavy atom. The molecule has 2 nitrogen and oxygen atoms in total. The molecule has 1 unspecified atom stereocenters. The maximum absolute atomic E-state index is 11.1. The van der Waals surface area contributed by atoms with Crippen LogP contribution in [0.1, 0.15) is 90.9 Å². The standard InChI is InChI=1S/C20H37NO/c1-3-5-6-7-8-9-10-11-12-13-14-15-16-17-18-19(4-2)20(21)22/h8-9,11-12,19H,3-7,10,13-18H2,1-2H3,(H2,21,22)/b9-8-,12-11-. The average Bonchev–Trinajstić information content (AvgIpc) is 2.51. The van der Waals surface area contributed by atoms with Gasteiger partial charge in [-0.05, 0) is 44.9 Å². The van der Waals surface area contributed by atoms with Gasteiger partial charge in [0.15, 0.2) is 0 Å². The number of hydrogen-bond acceptors (Lipinski definition) is 1. The minimum Gasteiger partial charge on any atom is -0.369 e. The van der Waals surface area contributed by atoms with E-state index in [0.717, 1.165) is 25.7 Å². The number of rotatable bonds is 15. The largest absolute Gasteiger partial charge is 0.369 e. The summed E-state index contributed by atoms with van der Waals surface area (Å²) in [5.41, 5.74) is 5.35. The minimum atomic E-state index is -0.131. The van der Waals surface area contributed by atoms with Gasteiger partial charge in [0.1, 0.15) is 0 Å². The van der Waals surface area contributed by atoms with E-state index in [1.54, 1.807) is 0 Å². The summed E-state index contributed by atoms with van der Waals surface area (Å²) in [7, 11) is 0. The van der Waals surface area contributed by atoms with Gasteiger partial charge in [-0.2, -0.15) is 0 Å². The van der Waals surface area contributed by atoms with Gasteiger partial charge in [-0.1, -0.05) is 70.3 Å². The van der Waals surface area contributed by atoms with Crippen molar-refractivity contribution in [2.24, 2.45) is 11.7 Å². The summed E-state index contributed by atoms with van der Waals surface area (Å²) in [4.78, 5) is 11.1. The molecule has 0 aromatic heterocycles. The summed E-state index contributed by atoms with van der Waals surface area (Å²) in [6.45, 7) is 4.28. The summed E-state index contributed by atoms with van der Waals surface area (Å²) in [6.07, 6.45) is 23.3. The van der Waals surface area contributed by atoms with Crippen LogP contribution in [0, 0.1) is 5.92 Å². The number of allylic oxidation sites excluding steroid dienone is 4. The molecule has 0 saturated heterocycles. The molecular weight excluding hydrogens is 270 g/mol. The van der Waals surface area contributed by atoms with Crippen LogP contribution in [0.15, 0.2) is 24.3 Å². The average molecular weight is 308 g/mol. The first-order valence-corrected chi connectivity index (χ1v) is 9.31. The van der Waals surface area contributed by atoms with Gasteiger partial charge in [-0.3, -0.25) is 4.79 Å². The van der Waals surface area contributed by atoms with Gasteiger partial charge in [0.25, 0.3) is 0 Å². The molecule has 0 saturated carbocycles. The Bertz CT molecular complexity index is 307. The van der Waals surface area contributed by atoms with Gasteiger partial charge in [-0.15, -0.1) is 0 Å². The fourth-order valence-electron chi connectivity index (χ4n) is 2.57. The molecule has 1 atom stereocenters. The molecule has 2 N–H and O–H groups in total. The van der Waals surface area contributed by atoms with Crippen LogP contribution in [0.3, 0.4) is 0 Å². The highest BCUT2D eigenvalue weighted by Gasteiger charge is 2.11. The Balaban J connectivity index is 3.35. The van der Waals surface area contributed by atoms with Crippen molar-refractivity contribution in [2.45, 2.75) is 90.9 Å². The number of carbonyl (C=O) groups excluding carboxylic acids is 1. The number of primary amides is 1. The number of hydrogen-bond donors (Lipinski definition) is 1. The van der Waals surface area contributed by atoms with E-state index in [1.165, 1.54) is 51.4 Å². The second kappa shape index (κ2) is 16.3. The first kappa shape index (κ1) is 20.9. The highest BCUT2D eigenvalue weighted by Crippen LogP contribution is 2.14. The van der Waals surface area contributed by atoms with Crippen LogP contribution in [0.2, 0.25) is 0 Å². The van der Waals surface area contributed by atoms with Crippen LogP contribution in [0.5, 0.6) is 0 Å². The Labute approximate surface area is 138 Å². The maximum atomic E-state index is 11.1. The molecule has 0 radical (unpaired) electrons. The fourth-order valence-corrected chi connectivity index (χ4v) is 2.57. The lowest BCUT2D eigenvalue weighted by molar-refractivity contribution is -0.122. The van der Waals surface area contributed by atoms with Crippen LogP contribution < -0.4 is 5.73 Å². The van der Waals surface area contributed by atoms with E-state index in [0.29, 0.717) is 0 Å². The van der Waals surface area contributed by atoms with Crippen LogP contribution in [-0.4, -0.2) is 5.91 Å². The number of unbranched alkanes of at least 4 members (excludes halogenated alkanes) is 7. The third-order valence-corrected chi connectivity index (χ3v) is 4.15. The highest BCUT2D eigenvalue weighted by molar-refractivity contribution is 5.76. The van der Waals surface area contributed by atoms with Gasteiger partial charge in [0, 0.05) is 5.92 Å². The Hall–Kier alpha value is -1.05. The van der Waals surface area contributed by atoms with Crippen LogP contribution >= 0.6 is 0 Å². The van der Waals surface area contributed by atoms with Crippen molar-refractivity contribution in [3.63, 3.8) is 0 Å². The Kier molecular flexibility index (Phi) is 15.5. The second-order valence-corrected chi connectivity index (χ2v) is 6.17.